The summed E-state index contributed by atoms with van der Waals surface area (Å²) in [6, 6.07) is 3.21. The maximum Gasteiger partial charge on any atom is 0.328 e. The normalized spacial score (nSPS) is 23.6. The number of pyridine rings is 1. The van der Waals surface area contributed by atoms with Crippen LogP contribution in [0.2, 0.25) is 0 Å². The zero-order valence-electron chi connectivity index (χ0n) is 33.3. The SMILES string of the molecule is C=C[C@@H]1C[C@]1(CC(=O)[C@@H]1C[C@@H](Oc2nccc3cc(OC)ccc23)CN1C(=O)[C@@H](NC(=O)N[C@H](C(=O)OCC)[C@@H](C)CC)C(C)(C)C)C(=O)NS(=O)(=O)C1CC1. The molecule has 4 amide bonds. The number of allylic oxidation sites excluding steroid dienone is 1. The molecule has 0 unspecified atom stereocenters. The maximum absolute atomic E-state index is 14.7. The first-order valence-corrected chi connectivity index (χ1v) is 20.8. The van der Waals surface area contributed by atoms with Crippen LogP contribution in [0, 0.1) is 22.7 Å². The molecule has 1 saturated heterocycles. The molecule has 1 aromatic carbocycles. The Hall–Kier alpha value is -4.73. The lowest BCUT2D eigenvalue weighted by Crippen LogP contribution is -2.60. The number of carbonyl (C=O) groups excluding carboxylic acids is 5. The number of aromatic nitrogens is 1. The lowest BCUT2D eigenvalue weighted by Gasteiger charge is -2.36. The van der Waals surface area contributed by atoms with Crippen LogP contribution in [-0.4, -0.2) is 97.6 Å². The maximum atomic E-state index is 14.7. The average molecular weight is 798 g/mol. The molecule has 15 nitrogen and oxygen atoms in total. The number of fused-ring (bicyclic) bond motifs is 1. The Bertz CT molecular complexity index is 1960. The van der Waals surface area contributed by atoms with Gasteiger partial charge in [0.25, 0.3) is 0 Å². The summed E-state index contributed by atoms with van der Waals surface area (Å²) < 4.78 is 44.7. The minimum absolute atomic E-state index is 0.0393. The first-order valence-electron chi connectivity index (χ1n) is 19.2. The van der Waals surface area contributed by atoms with Crippen LogP contribution in [0.25, 0.3) is 10.8 Å². The lowest BCUT2D eigenvalue weighted by atomic mass is 9.85. The predicted molar refractivity (Wildman–Crippen MR) is 208 cm³/mol. The second-order valence-corrected chi connectivity index (χ2v) is 18.2. The summed E-state index contributed by atoms with van der Waals surface area (Å²) in [6.45, 7) is 14.5. The van der Waals surface area contributed by atoms with E-state index in [0.717, 1.165) is 5.39 Å². The number of hydrogen-bond acceptors (Lipinski definition) is 11. The van der Waals surface area contributed by atoms with Crippen molar-refractivity contribution in [3.63, 3.8) is 0 Å². The second kappa shape index (κ2) is 16.8. The van der Waals surface area contributed by atoms with Gasteiger partial charge in [0.1, 0.15) is 23.9 Å². The smallest absolute Gasteiger partial charge is 0.328 e. The van der Waals surface area contributed by atoms with E-state index < -0.39 is 85.8 Å². The molecule has 5 rings (SSSR count). The summed E-state index contributed by atoms with van der Waals surface area (Å²) in [7, 11) is -2.33. The van der Waals surface area contributed by atoms with E-state index in [-0.39, 0.29) is 44.2 Å². The molecule has 306 valence electrons. The van der Waals surface area contributed by atoms with Gasteiger partial charge in [-0.05, 0) is 73.1 Å². The number of sulfonamides is 1. The number of urea groups is 1. The van der Waals surface area contributed by atoms with Crippen molar-refractivity contribution in [1.82, 2.24) is 25.2 Å². The van der Waals surface area contributed by atoms with Crippen LogP contribution in [0.4, 0.5) is 4.79 Å². The number of nitrogens with zero attached hydrogens (tertiary/aromatic N) is 2. The van der Waals surface area contributed by atoms with Crippen molar-refractivity contribution >= 4 is 50.4 Å². The Balaban J connectivity index is 1.44. The number of nitrogens with one attached hydrogen (secondary N) is 3. The summed E-state index contributed by atoms with van der Waals surface area (Å²) in [4.78, 5) is 74.9. The van der Waals surface area contributed by atoms with Gasteiger partial charge in [0.2, 0.25) is 27.7 Å². The van der Waals surface area contributed by atoms with Crippen LogP contribution in [0.5, 0.6) is 11.6 Å². The fourth-order valence-corrected chi connectivity index (χ4v) is 8.66. The monoisotopic (exact) mass is 797 g/mol. The van der Waals surface area contributed by atoms with Crippen molar-refractivity contribution < 1.29 is 46.6 Å². The molecule has 3 fully saturated rings. The second-order valence-electron chi connectivity index (χ2n) is 16.2. The molecule has 1 aromatic heterocycles. The van der Waals surface area contributed by atoms with Crippen LogP contribution < -0.4 is 24.8 Å². The van der Waals surface area contributed by atoms with Gasteiger partial charge in [-0.2, -0.15) is 0 Å². The van der Waals surface area contributed by atoms with Gasteiger partial charge in [0.05, 0.1) is 37.0 Å². The summed E-state index contributed by atoms with van der Waals surface area (Å²) in [5.74, 6) is -2.18. The number of carbonyl (C=O) groups is 5. The Labute approximate surface area is 328 Å². The zero-order chi connectivity index (χ0) is 41.2. The molecule has 7 atom stereocenters. The molecule has 2 heterocycles. The molecule has 56 heavy (non-hydrogen) atoms. The van der Waals surface area contributed by atoms with Crippen molar-refractivity contribution in [2.45, 2.75) is 110 Å². The molecular formula is C40H55N5O10S. The van der Waals surface area contributed by atoms with Gasteiger partial charge in [0, 0.05) is 24.4 Å². The summed E-state index contributed by atoms with van der Waals surface area (Å²) in [5, 5.41) is 6.30. The van der Waals surface area contributed by atoms with E-state index in [1.165, 1.54) is 4.90 Å². The van der Waals surface area contributed by atoms with Crippen LogP contribution >= 0.6 is 0 Å². The largest absolute Gasteiger partial charge is 0.497 e. The fraction of sp³-hybridized carbons (Fsp3) is 0.600. The molecule has 3 N–H and O–H groups in total. The Morgan fingerprint density at radius 1 is 1.11 bits per heavy atom. The Kier molecular flexibility index (Phi) is 12.7. The van der Waals surface area contributed by atoms with Gasteiger partial charge < -0.3 is 29.7 Å². The predicted octanol–water partition coefficient (Wildman–Crippen LogP) is 4.04. The molecule has 2 saturated carbocycles. The molecular weight excluding hydrogens is 743 g/mol. The third-order valence-electron chi connectivity index (χ3n) is 11.1. The van der Waals surface area contributed by atoms with Crippen molar-refractivity contribution in [1.29, 1.82) is 0 Å². The van der Waals surface area contributed by atoms with Crippen LogP contribution in [-0.2, 0) is 33.9 Å². The van der Waals surface area contributed by atoms with Gasteiger partial charge in [-0.15, -0.1) is 6.58 Å². The fourth-order valence-electron chi connectivity index (χ4n) is 7.28. The molecule has 0 spiro atoms. The highest BCUT2D eigenvalue weighted by Gasteiger charge is 2.61. The van der Waals surface area contributed by atoms with E-state index in [1.807, 2.05) is 13.0 Å². The van der Waals surface area contributed by atoms with E-state index >= 15 is 0 Å². The number of methoxy groups -OCH3 is 1. The minimum Gasteiger partial charge on any atom is -0.497 e. The number of Topliss-reactive ketones (excluding diaryl/α,β-unsaturated/α-hetero) is 1. The average Bonchev–Trinajstić information content (AvgIpc) is 4.08. The standard InChI is InChI=1S/C40H55N5O10S/c1-9-23(4)32(36(48)54-11-3)42-38(50)43-33(39(5,6)7)35(47)45-22-27(55-34-29-15-12-26(53-8)18-24(29)16-17-41-34)19-30(45)31(46)21-40(20-25(40)10-2)37(49)44-56(51,52)28-13-14-28/h10,12,15-18,23,25,27-28,30,32-33H,2,9,11,13-14,19-22H2,1,3-8H3,(H,44,49)(H2,42,43,50)/t23-,25+,27+,30-,32-,33+,40+/m0/s1. The molecule has 1 aliphatic heterocycles. The first kappa shape index (κ1) is 42.4. The molecule has 0 radical (unpaired) electrons. The number of rotatable bonds is 17. The minimum atomic E-state index is -3.89. The van der Waals surface area contributed by atoms with Gasteiger partial charge >= 0.3 is 12.0 Å². The number of amides is 4. The van der Waals surface area contributed by atoms with Crippen molar-refractivity contribution in [3.8, 4) is 11.6 Å². The molecule has 2 aromatic rings. The first-order chi connectivity index (χ1) is 26.4. The van der Waals surface area contributed by atoms with E-state index in [2.05, 4.69) is 26.9 Å². The van der Waals surface area contributed by atoms with Crippen molar-refractivity contribution in [2.75, 3.05) is 20.3 Å². The third kappa shape index (κ3) is 9.27. The summed E-state index contributed by atoms with van der Waals surface area (Å²) in [5.41, 5.74) is -2.22. The van der Waals surface area contributed by atoms with Crippen molar-refractivity contribution in [2.24, 2.45) is 22.7 Å². The number of hydrogen-bond donors (Lipinski definition) is 3. The molecule has 3 aliphatic rings. The topological polar surface area (TPSA) is 199 Å². The highest BCUT2D eigenvalue weighted by atomic mass is 32.2. The van der Waals surface area contributed by atoms with E-state index in [9.17, 15) is 32.4 Å². The molecule has 0 bridgehead atoms. The van der Waals surface area contributed by atoms with E-state index in [1.54, 1.807) is 72.2 Å². The third-order valence-corrected chi connectivity index (χ3v) is 12.9. The van der Waals surface area contributed by atoms with Gasteiger partial charge in [-0.25, -0.2) is 23.0 Å². The summed E-state index contributed by atoms with van der Waals surface area (Å²) >= 11 is 0. The van der Waals surface area contributed by atoms with Crippen molar-refractivity contribution in [3.05, 3.63) is 43.1 Å². The number of benzene rings is 1. The van der Waals surface area contributed by atoms with Crippen LogP contribution in [0.1, 0.15) is 80.1 Å². The summed E-state index contributed by atoms with van der Waals surface area (Å²) in [6.07, 6.45) is 3.82. The Morgan fingerprint density at radius 3 is 2.41 bits per heavy atom. The van der Waals surface area contributed by atoms with Gasteiger partial charge in [0.15, 0.2) is 5.78 Å². The molecule has 16 heteroatoms. The van der Waals surface area contributed by atoms with E-state index in [4.69, 9.17) is 14.2 Å². The van der Waals surface area contributed by atoms with Crippen LogP contribution in [0.3, 0.4) is 0 Å². The lowest BCUT2D eigenvalue weighted by molar-refractivity contribution is -0.146. The number of esters is 1. The van der Waals surface area contributed by atoms with Crippen LogP contribution in [0.15, 0.2) is 43.1 Å². The number of likely N-dealkylation sites (tertiary alicyclic amines) is 1. The zero-order valence-corrected chi connectivity index (χ0v) is 34.1. The molecule has 2 aliphatic carbocycles. The Morgan fingerprint density at radius 2 is 1.82 bits per heavy atom. The highest BCUT2D eigenvalue weighted by molar-refractivity contribution is 7.90. The quantitative estimate of drug-likeness (QED) is 0.154. The van der Waals surface area contributed by atoms with Gasteiger partial charge in [-0.3, -0.25) is 19.1 Å². The number of ether oxygens (including phenoxy) is 3. The van der Waals surface area contributed by atoms with E-state index in [0.29, 0.717) is 30.4 Å². The highest BCUT2D eigenvalue weighted by Crippen LogP contribution is 2.57. The number of ketones is 1. The van der Waals surface area contributed by atoms with Gasteiger partial charge in [-0.1, -0.05) is 47.1 Å².